The predicted molar refractivity (Wildman–Crippen MR) is 134 cm³/mol. The van der Waals surface area contributed by atoms with Gasteiger partial charge < -0.3 is 9.64 Å². The lowest BCUT2D eigenvalue weighted by atomic mass is 9.91. The average molecular weight is 584 g/mol. The van der Waals surface area contributed by atoms with E-state index in [4.69, 9.17) is 39.5 Å². The van der Waals surface area contributed by atoms with E-state index in [0.717, 1.165) is 0 Å². The third-order valence-electron chi connectivity index (χ3n) is 5.40. The molecule has 0 radical (unpaired) electrons. The number of rotatable bonds is 7. The normalized spacial score (nSPS) is 18.6. The number of carbonyl (C=O) groups excluding carboxylic acids is 1. The molecule has 1 atom stereocenters. The molecular formula is C22H25Cl3N2O6S2. The van der Waals surface area contributed by atoms with Crippen LogP contribution in [0.5, 0.6) is 0 Å². The Kier molecular flexibility index (Phi) is 8.35. The van der Waals surface area contributed by atoms with E-state index in [1.807, 2.05) is 13.8 Å². The molecule has 1 aliphatic rings. The van der Waals surface area contributed by atoms with Gasteiger partial charge in [0.25, 0.3) is 20.0 Å². The largest absolute Gasteiger partial charge is 0.445 e. The SMILES string of the molecule is CC1(C)CC(CN(S(=O)(=O)c2ccccc2)S(=O)(=O)c2ccccc2)N(C(=O)OCC(Cl)(Cl)Cl)C1. The van der Waals surface area contributed by atoms with Crippen LogP contribution in [0.15, 0.2) is 70.5 Å². The van der Waals surface area contributed by atoms with Gasteiger partial charge in [-0.3, -0.25) is 0 Å². The molecule has 8 nitrogen and oxygen atoms in total. The lowest BCUT2D eigenvalue weighted by Crippen LogP contribution is -2.47. The van der Waals surface area contributed by atoms with Crippen LogP contribution in [0, 0.1) is 5.41 Å². The number of hydrogen-bond acceptors (Lipinski definition) is 6. The van der Waals surface area contributed by atoms with E-state index < -0.39 is 54.5 Å². The molecule has 35 heavy (non-hydrogen) atoms. The van der Waals surface area contributed by atoms with E-state index in [9.17, 15) is 21.6 Å². The zero-order valence-electron chi connectivity index (χ0n) is 19.0. The number of amides is 1. The van der Waals surface area contributed by atoms with Gasteiger partial charge in [-0.05, 0) is 36.1 Å². The van der Waals surface area contributed by atoms with E-state index in [1.54, 1.807) is 12.1 Å². The molecule has 1 saturated heterocycles. The van der Waals surface area contributed by atoms with Crippen LogP contribution in [0.1, 0.15) is 20.3 Å². The number of alkyl halides is 3. The molecule has 1 unspecified atom stereocenters. The molecule has 1 amide bonds. The molecule has 2 aromatic rings. The second-order valence-corrected chi connectivity index (χ2v) is 15.4. The van der Waals surface area contributed by atoms with Gasteiger partial charge in [0.1, 0.15) is 6.61 Å². The monoisotopic (exact) mass is 582 g/mol. The van der Waals surface area contributed by atoms with Gasteiger partial charge in [0.15, 0.2) is 0 Å². The summed E-state index contributed by atoms with van der Waals surface area (Å²) in [5, 5.41) is 0. The summed E-state index contributed by atoms with van der Waals surface area (Å²) in [4.78, 5) is 13.7. The van der Waals surface area contributed by atoms with Crippen molar-refractivity contribution in [3.8, 4) is 0 Å². The van der Waals surface area contributed by atoms with E-state index in [-0.39, 0.29) is 16.3 Å². The summed E-state index contributed by atoms with van der Waals surface area (Å²) >= 11 is 17.1. The number of ether oxygens (including phenoxy) is 1. The maximum absolute atomic E-state index is 13.6. The van der Waals surface area contributed by atoms with E-state index in [2.05, 4.69) is 0 Å². The van der Waals surface area contributed by atoms with E-state index in [0.29, 0.717) is 10.1 Å². The maximum atomic E-state index is 13.6. The molecule has 3 rings (SSSR count). The van der Waals surface area contributed by atoms with Gasteiger partial charge in [0.05, 0.1) is 22.4 Å². The van der Waals surface area contributed by atoms with Crippen LogP contribution in [0.2, 0.25) is 0 Å². The van der Waals surface area contributed by atoms with E-state index >= 15 is 0 Å². The summed E-state index contributed by atoms with van der Waals surface area (Å²) in [6.45, 7) is 2.92. The summed E-state index contributed by atoms with van der Waals surface area (Å²) in [7, 11) is -9.03. The lowest BCUT2D eigenvalue weighted by Gasteiger charge is -2.29. The first-order chi connectivity index (χ1) is 16.1. The van der Waals surface area contributed by atoms with E-state index in [1.165, 1.54) is 53.4 Å². The average Bonchev–Trinajstić information content (AvgIpc) is 3.10. The van der Waals surface area contributed by atoms with Crippen molar-refractivity contribution in [1.29, 1.82) is 0 Å². The quantitative estimate of drug-likeness (QED) is 0.439. The minimum atomic E-state index is -4.51. The number of nitrogens with zero attached hydrogens (tertiary/aromatic N) is 2. The second-order valence-electron chi connectivity index (χ2n) is 8.91. The Hall–Kier alpha value is -1.56. The van der Waals surface area contributed by atoms with Crippen LogP contribution < -0.4 is 0 Å². The fourth-order valence-corrected chi connectivity index (χ4v) is 7.85. The topological polar surface area (TPSA) is 101 Å². The number of carbonyl (C=O) groups is 1. The van der Waals surface area contributed by atoms with Crippen LogP contribution in [0.4, 0.5) is 4.79 Å². The molecule has 0 N–H and O–H groups in total. The Morgan fingerprint density at radius 2 is 1.43 bits per heavy atom. The molecule has 0 saturated carbocycles. The van der Waals surface area contributed by atoms with Crippen molar-refractivity contribution in [3.05, 3.63) is 60.7 Å². The first-order valence-corrected chi connectivity index (χ1v) is 14.5. The van der Waals surface area contributed by atoms with Gasteiger partial charge >= 0.3 is 6.09 Å². The van der Waals surface area contributed by atoms with Crippen LogP contribution in [0.25, 0.3) is 0 Å². The number of sulfonamides is 2. The van der Waals surface area contributed by atoms with Crippen molar-refractivity contribution in [2.24, 2.45) is 5.41 Å². The van der Waals surface area contributed by atoms with Crippen LogP contribution in [0.3, 0.4) is 0 Å². The van der Waals surface area contributed by atoms with Crippen molar-refractivity contribution >= 4 is 60.9 Å². The molecule has 13 heteroatoms. The third kappa shape index (κ3) is 6.81. The minimum absolute atomic E-state index is 0.193. The molecule has 1 aliphatic heterocycles. The molecule has 0 bridgehead atoms. The van der Waals surface area contributed by atoms with Crippen molar-refractivity contribution in [1.82, 2.24) is 8.61 Å². The van der Waals surface area contributed by atoms with Crippen molar-refractivity contribution in [2.75, 3.05) is 19.7 Å². The summed E-state index contributed by atoms with van der Waals surface area (Å²) in [6.07, 6.45) is -0.512. The molecular weight excluding hydrogens is 559 g/mol. The fourth-order valence-electron chi connectivity index (χ4n) is 3.92. The third-order valence-corrected chi connectivity index (χ3v) is 10.0. The number of hydrogen-bond donors (Lipinski definition) is 0. The van der Waals surface area contributed by atoms with Gasteiger partial charge in [0.2, 0.25) is 3.79 Å². The highest BCUT2D eigenvalue weighted by molar-refractivity contribution is 8.04. The van der Waals surface area contributed by atoms with Crippen molar-refractivity contribution in [3.63, 3.8) is 0 Å². The van der Waals surface area contributed by atoms with Gasteiger partial charge in [-0.25, -0.2) is 21.6 Å². The summed E-state index contributed by atoms with van der Waals surface area (Å²) < 4.78 is 58.1. The molecule has 2 aromatic carbocycles. The summed E-state index contributed by atoms with van der Waals surface area (Å²) in [5.74, 6) is 0. The summed E-state index contributed by atoms with van der Waals surface area (Å²) in [5.41, 5.74) is -0.442. The van der Waals surface area contributed by atoms with Crippen molar-refractivity contribution < 1.29 is 26.4 Å². The van der Waals surface area contributed by atoms with Crippen LogP contribution >= 0.6 is 34.8 Å². The Labute approximate surface area is 220 Å². The Bertz CT molecular complexity index is 1180. The van der Waals surface area contributed by atoms with Crippen molar-refractivity contribution in [2.45, 2.75) is 39.9 Å². The summed E-state index contributed by atoms with van der Waals surface area (Å²) in [6, 6.07) is 13.7. The van der Waals surface area contributed by atoms with Gasteiger partial charge in [-0.1, -0.05) is 88.8 Å². The molecule has 192 valence electrons. The standard InChI is InChI=1S/C22H25Cl3N2O6S2/c1-21(2)13-17(26(15-21)20(28)33-16-22(23,24)25)14-27(34(29,30)18-9-5-3-6-10-18)35(31,32)19-11-7-4-8-12-19/h3-12,17H,13-16H2,1-2H3. The minimum Gasteiger partial charge on any atom is -0.445 e. The highest BCUT2D eigenvalue weighted by atomic mass is 35.6. The Morgan fingerprint density at radius 1 is 0.971 bits per heavy atom. The lowest BCUT2D eigenvalue weighted by molar-refractivity contribution is 0.0962. The van der Waals surface area contributed by atoms with Crippen LogP contribution in [-0.2, 0) is 24.8 Å². The molecule has 0 aliphatic carbocycles. The molecule has 0 spiro atoms. The zero-order chi connectivity index (χ0) is 26.1. The van der Waals surface area contributed by atoms with Crippen LogP contribution in [-0.4, -0.2) is 61.1 Å². The highest BCUT2D eigenvalue weighted by Crippen LogP contribution is 2.37. The fraction of sp³-hybridized carbons (Fsp3) is 0.409. The number of likely N-dealkylation sites (tertiary alicyclic amines) is 1. The molecule has 1 heterocycles. The Balaban J connectivity index is 2.03. The zero-order valence-corrected chi connectivity index (χ0v) is 22.9. The van der Waals surface area contributed by atoms with Gasteiger partial charge in [0, 0.05) is 6.54 Å². The number of halogens is 3. The molecule has 1 fully saturated rings. The highest BCUT2D eigenvalue weighted by Gasteiger charge is 2.46. The Morgan fingerprint density at radius 3 is 1.86 bits per heavy atom. The van der Waals surface area contributed by atoms with Gasteiger partial charge in [-0.2, -0.15) is 0 Å². The molecule has 0 aromatic heterocycles. The maximum Gasteiger partial charge on any atom is 0.410 e. The first-order valence-electron chi connectivity index (χ1n) is 10.5. The second kappa shape index (κ2) is 10.4. The first kappa shape index (κ1) is 28.0. The predicted octanol–water partition coefficient (Wildman–Crippen LogP) is 4.67. The van der Waals surface area contributed by atoms with Gasteiger partial charge in [-0.15, -0.1) is 0 Å². The number of benzene rings is 2. The smallest absolute Gasteiger partial charge is 0.410 e.